The highest BCUT2D eigenvalue weighted by atomic mass is 32.2. The molecule has 0 aliphatic carbocycles. The number of nitrogens with zero attached hydrogens (tertiary/aromatic N) is 5. The van der Waals surface area contributed by atoms with Crippen LogP contribution in [0.1, 0.15) is 17.8 Å². The fraction of sp³-hybridized carbons (Fsp3) is 0.438. The summed E-state index contributed by atoms with van der Waals surface area (Å²) in [6, 6.07) is 9.32. The molecule has 1 aromatic heterocycles. The normalized spacial score (nSPS) is 18.6. The molecule has 1 saturated heterocycles. The van der Waals surface area contributed by atoms with Gasteiger partial charge in [-0.15, -0.1) is 0 Å². The topological polar surface area (TPSA) is 91.9 Å². The maximum absolute atomic E-state index is 11.6. The Morgan fingerprint density at radius 2 is 2.04 bits per heavy atom. The molecule has 24 heavy (non-hydrogen) atoms. The quantitative estimate of drug-likeness (QED) is 0.835. The van der Waals surface area contributed by atoms with Crippen LogP contribution in [0.5, 0.6) is 0 Å². The van der Waals surface area contributed by atoms with Gasteiger partial charge in [0.05, 0.1) is 17.9 Å². The third kappa shape index (κ3) is 3.47. The van der Waals surface area contributed by atoms with Crippen molar-refractivity contribution in [3.63, 3.8) is 0 Å². The van der Waals surface area contributed by atoms with Crippen molar-refractivity contribution in [2.75, 3.05) is 19.3 Å². The van der Waals surface area contributed by atoms with Gasteiger partial charge in [0.15, 0.2) is 5.82 Å². The van der Waals surface area contributed by atoms with E-state index >= 15 is 0 Å². The standard InChI is InChI=1S/C16H19N5O2S/c1-12-18-16(15-5-3-13(9-17)4-6-15)21(19-12)11-14-7-8-20(10-14)24(2,22)23/h3-6,14H,7-8,10-11H2,1-2H3. The zero-order chi connectivity index (χ0) is 17.3. The molecule has 0 spiro atoms. The van der Waals surface area contributed by atoms with Crippen LogP contribution in [0.15, 0.2) is 24.3 Å². The Hall–Kier alpha value is -2.24. The van der Waals surface area contributed by atoms with Gasteiger partial charge in [0, 0.05) is 25.2 Å². The first-order valence-corrected chi connectivity index (χ1v) is 9.59. The molecular weight excluding hydrogens is 326 g/mol. The maximum Gasteiger partial charge on any atom is 0.211 e. The van der Waals surface area contributed by atoms with Crippen molar-refractivity contribution in [3.8, 4) is 17.5 Å². The summed E-state index contributed by atoms with van der Waals surface area (Å²) in [6.07, 6.45) is 2.07. The molecule has 7 nitrogen and oxygen atoms in total. The van der Waals surface area contributed by atoms with Gasteiger partial charge in [-0.05, 0) is 43.5 Å². The summed E-state index contributed by atoms with van der Waals surface area (Å²) in [7, 11) is -3.14. The van der Waals surface area contributed by atoms with Crippen molar-refractivity contribution in [2.24, 2.45) is 5.92 Å². The van der Waals surface area contributed by atoms with Crippen LogP contribution in [-0.2, 0) is 16.6 Å². The minimum atomic E-state index is -3.14. The maximum atomic E-state index is 11.6. The van der Waals surface area contributed by atoms with E-state index in [0.29, 0.717) is 31.0 Å². The second-order valence-corrected chi connectivity index (χ2v) is 8.11. The van der Waals surface area contributed by atoms with Crippen molar-refractivity contribution in [2.45, 2.75) is 19.9 Å². The smallest absolute Gasteiger partial charge is 0.211 e. The van der Waals surface area contributed by atoms with Gasteiger partial charge in [0.25, 0.3) is 0 Å². The molecule has 3 rings (SSSR count). The second kappa shape index (κ2) is 6.34. The van der Waals surface area contributed by atoms with E-state index in [0.717, 1.165) is 17.8 Å². The molecule has 1 unspecified atom stereocenters. The van der Waals surface area contributed by atoms with E-state index in [2.05, 4.69) is 16.2 Å². The lowest BCUT2D eigenvalue weighted by Crippen LogP contribution is -2.28. The molecule has 2 heterocycles. The van der Waals surface area contributed by atoms with Gasteiger partial charge in [0.1, 0.15) is 5.82 Å². The largest absolute Gasteiger partial charge is 0.245 e. The molecule has 0 amide bonds. The number of benzene rings is 1. The Labute approximate surface area is 141 Å². The van der Waals surface area contributed by atoms with E-state index in [1.54, 1.807) is 12.1 Å². The lowest BCUT2D eigenvalue weighted by Gasteiger charge is -2.14. The molecule has 0 radical (unpaired) electrons. The average molecular weight is 345 g/mol. The zero-order valence-electron chi connectivity index (χ0n) is 13.7. The summed E-state index contributed by atoms with van der Waals surface area (Å²) in [5.41, 5.74) is 1.49. The second-order valence-electron chi connectivity index (χ2n) is 6.13. The molecule has 0 bridgehead atoms. The van der Waals surface area contributed by atoms with Gasteiger partial charge >= 0.3 is 0 Å². The SMILES string of the molecule is Cc1nc(-c2ccc(C#N)cc2)n(CC2CCN(S(C)(=O)=O)C2)n1. The van der Waals surface area contributed by atoms with Crippen LogP contribution in [0.3, 0.4) is 0 Å². The summed E-state index contributed by atoms with van der Waals surface area (Å²) in [6.45, 7) is 3.54. The summed E-state index contributed by atoms with van der Waals surface area (Å²) in [5.74, 6) is 1.64. The van der Waals surface area contributed by atoms with Crippen LogP contribution in [0, 0.1) is 24.2 Å². The van der Waals surface area contributed by atoms with E-state index in [4.69, 9.17) is 5.26 Å². The van der Waals surface area contributed by atoms with Gasteiger partial charge in [0.2, 0.25) is 10.0 Å². The fourth-order valence-corrected chi connectivity index (χ4v) is 3.90. The number of aryl methyl sites for hydroxylation is 1. The highest BCUT2D eigenvalue weighted by Crippen LogP contribution is 2.24. The Morgan fingerprint density at radius 1 is 1.33 bits per heavy atom. The summed E-state index contributed by atoms with van der Waals surface area (Å²) < 4.78 is 26.7. The molecule has 0 saturated carbocycles. The van der Waals surface area contributed by atoms with Gasteiger partial charge < -0.3 is 0 Å². The fourth-order valence-electron chi connectivity index (χ4n) is 2.98. The summed E-state index contributed by atoms with van der Waals surface area (Å²) >= 11 is 0. The Bertz CT molecular complexity index is 880. The van der Waals surface area contributed by atoms with Crippen molar-refractivity contribution < 1.29 is 8.42 Å². The third-order valence-corrected chi connectivity index (χ3v) is 5.47. The predicted octanol–water partition coefficient (Wildman–Crippen LogP) is 1.41. The molecule has 1 aliphatic heterocycles. The van der Waals surface area contributed by atoms with Crippen molar-refractivity contribution >= 4 is 10.0 Å². The van der Waals surface area contributed by atoms with Crippen molar-refractivity contribution in [1.29, 1.82) is 5.26 Å². The van der Waals surface area contributed by atoms with Crippen molar-refractivity contribution in [1.82, 2.24) is 19.1 Å². The monoisotopic (exact) mass is 345 g/mol. The van der Waals surface area contributed by atoms with E-state index in [1.165, 1.54) is 10.6 Å². The molecule has 1 aromatic carbocycles. The Kier molecular flexibility index (Phi) is 4.39. The Balaban J connectivity index is 1.81. The average Bonchev–Trinajstić information content (AvgIpc) is 3.14. The van der Waals surface area contributed by atoms with Crippen LogP contribution in [0.2, 0.25) is 0 Å². The molecular formula is C16H19N5O2S. The first kappa shape index (κ1) is 16.6. The number of rotatable bonds is 4. The molecule has 2 aromatic rings. The minimum absolute atomic E-state index is 0.220. The van der Waals surface area contributed by atoms with Gasteiger partial charge in [-0.2, -0.15) is 10.4 Å². The van der Waals surface area contributed by atoms with Gasteiger partial charge in [-0.25, -0.2) is 22.4 Å². The first-order valence-electron chi connectivity index (χ1n) is 7.74. The molecule has 1 fully saturated rings. The summed E-state index contributed by atoms with van der Waals surface area (Å²) in [5, 5.41) is 13.4. The lowest BCUT2D eigenvalue weighted by molar-refractivity contribution is 0.416. The molecule has 1 atom stereocenters. The highest BCUT2D eigenvalue weighted by Gasteiger charge is 2.29. The molecule has 0 N–H and O–H groups in total. The first-order chi connectivity index (χ1) is 11.4. The highest BCUT2D eigenvalue weighted by molar-refractivity contribution is 7.88. The zero-order valence-corrected chi connectivity index (χ0v) is 14.5. The van der Waals surface area contributed by atoms with Gasteiger partial charge in [-0.1, -0.05) is 0 Å². The van der Waals surface area contributed by atoms with Crippen LogP contribution < -0.4 is 0 Å². The molecule has 126 valence electrons. The van der Waals surface area contributed by atoms with Gasteiger partial charge in [-0.3, -0.25) is 0 Å². The summed E-state index contributed by atoms with van der Waals surface area (Å²) in [4.78, 5) is 4.48. The molecule has 8 heteroatoms. The third-order valence-electron chi connectivity index (χ3n) is 4.20. The number of hydrogen-bond donors (Lipinski definition) is 0. The van der Waals surface area contributed by atoms with Crippen molar-refractivity contribution in [3.05, 3.63) is 35.7 Å². The number of sulfonamides is 1. The number of hydrogen-bond acceptors (Lipinski definition) is 5. The number of nitriles is 1. The molecule has 1 aliphatic rings. The Morgan fingerprint density at radius 3 is 2.62 bits per heavy atom. The minimum Gasteiger partial charge on any atom is -0.245 e. The predicted molar refractivity (Wildman–Crippen MR) is 89.4 cm³/mol. The van der Waals surface area contributed by atoms with Crippen LogP contribution in [0.25, 0.3) is 11.4 Å². The lowest BCUT2D eigenvalue weighted by atomic mass is 10.1. The van der Waals surface area contributed by atoms with Crippen LogP contribution in [-0.4, -0.2) is 46.8 Å². The number of aromatic nitrogens is 3. The van der Waals surface area contributed by atoms with Crippen LogP contribution in [0.4, 0.5) is 0 Å². The van der Waals surface area contributed by atoms with E-state index in [1.807, 2.05) is 23.7 Å². The van der Waals surface area contributed by atoms with E-state index in [-0.39, 0.29) is 5.92 Å². The van der Waals surface area contributed by atoms with E-state index in [9.17, 15) is 8.42 Å². The van der Waals surface area contributed by atoms with Crippen LogP contribution >= 0.6 is 0 Å². The van der Waals surface area contributed by atoms with E-state index < -0.39 is 10.0 Å².